The molecule has 1 aromatic carbocycles. The molecule has 1 unspecified atom stereocenters. The van der Waals surface area contributed by atoms with E-state index in [0.29, 0.717) is 6.54 Å². The Morgan fingerprint density at radius 3 is 2.67 bits per heavy atom. The van der Waals surface area contributed by atoms with Gasteiger partial charge in [0.25, 0.3) is 0 Å². The molecular weight excluding hydrogens is 266 g/mol. The standard InChI is InChI=1S/C17H25NO3/c1-3-11-18-17(16(19)20,14-9-10-14)12-21-15-8-6-5-7-13(15)4-2/h5-8,14,18H,3-4,9-12H2,1-2H3,(H,19,20). The van der Waals surface area contributed by atoms with Gasteiger partial charge in [-0.15, -0.1) is 0 Å². The highest BCUT2D eigenvalue weighted by atomic mass is 16.5. The van der Waals surface area contributed by atoms with Crippen LogP contribution in [0.15, 0.2) is 24.3 Å². The van der Waals surface area contributed by atoms with Crippen molar-refractivity contribution in [3.63, 3.8) is 0 Å². The van der Waals surface area contributed by atoms with Crippen LogP contribution in [0.5, 0.6) is 5.75 Å². The third-order valence-corrected chi connectivity index (χ3v) is 4.16. The molecule has 116 valence electrons. The van der Waals surface area contributed by atoms with E-state index in [1.165, 1.54) is 0 Å². The molecule has 0 aromatic heterocycles. The Balaban J connectivity index is 2.13. The molecule has 1 aromatic rings. The molecule has 0 radical (unpaired) electrons. The Bertz CT molecular complexity index is 485. The summed E-state index contributed by atoms with van der Waals surface area (Å²) in [7, 11) is 0. The number of carboxylic acid groups (broad SMARTS) is 1. The summed E-state index contributed by atoms with van der Waals surface area (Å²) in [5.41, 5.74) is 0.166. The molecule has 1 aliphatic rings. The first-order chi connectivity index (χ1) is 10.1. The van der Waals surface area contributed by atoms with Crippen LogP contribution in [0, 0.1) is 5.92 Å². The van der Waals surface area contributed by atoms with Crippen molar-refractivity contribution in [2.75, 3.05) is 13.2 Å². The smallest absolute Gasteiger partial charge is 0.327 e. The minimum atomic E-state index is -0.948. The van der Waals surface area contributed by atoms with E-state index in [-0.39, 0.29) is 12.5 Å². The lowest BCUT2D eigenvalue weighted by Gasteiger charge is -2.31. The molecule has 0 heterocycles. The zero-order valence-electron chi connectivity index (χ0n) is 12.9. The normalized spacial score (nSPS) is 17.2. The van der Waals surface area contributed by atoms with Gasteiger partial charge >= 0.3 is 5.97 Å². The van der Waals surface area contributed by atoms with Crippen molar-refractivity contribution in [2.45, 2.75) is 45.1 Å². The van der Waals surface area contributed by atoms with Gasteiger partial charge in [-0.3, -0.25) is 10.1 Å². The first-order valence-electron chi connectivity index (χ1n) is 7.83. The fourth-order valence-electron chi connectivity index (χ4n) is 2.68. The lowest BCUT2D eigenvalue weighted by atomic mass is 9.94. The summed E-state index contributed by atoms with van der Waals surface area (Å²) in [6.07, 6.45) is 3.71. The first kappa shape index (κ1) is 15.8. The number of ether oxygens (including phenoxy) is 1. The summed E-state index contributed by atoms with van der Waals surface area (Å²) in [5, 5.41) is 13.0. The molecule has 1 fully saturated rings. The molecule has 1 saturated carbocycles. The Morgan fingerprint density at radius 1 is 1.38 bits per heavy atom. The van der Waals surface area contributed by atoms with Gasteiger partial charge < -0.3 is 9.84 Å². The first-order valence-corrected chi connectivity index (χ1v) is 7.83. The number of aliphatic carboxylic acids is 1. The van der Waals surface area contributed by atoms with Gasteiger partial charge in [0.05, 0.1) is 0 Å². The molecule has 0 bridgehead atoms. The lowest BCUT2D eigenvalue weighted by Crippen LogP contribution is -2.58. The van der Waals surface area contributed by atoms with Gasteiger partial charge in [-0.05, 0) is 49.8 Å². The molecule has 2 rings (SSSR count). The molecule has 0 saturated heterocycles. The SMILES string of the molecule is CCCNC(COc1ccccc1CC)(C(=O)O)C1CC1. The quantitative estimate of drug-likeness (QED) is 0.734. The van der Waals surface area contributed by atoms with Gasteiger partial charge in [-0.2, -0.15) is 0 Å². The topological polar surface area (TPSA) is 58.6 Å². The second kappa shape index (κ2) is 6.94. The van der Waals surface area contributed by atoms with E-state index in [2.05, 4.69) is 12.2 Å². The van der Waals surface area contributed by atoms with Crippen LogP contribution in [0.25, 0.3) is 0 Å². The van der Waals surface area contributed by atoms with Crippen LogP contribution in [-0.2, 0) is 11.2 Å². The summed E-state index contributed by atoms with van der Waals surface area (Å²) < 4.78 is 5.91. The summed E-state index contributed by atoms with van der Waals surface area (Å²) in [6.45, 7) is 4.99. The van der Waals surface area contributed by atoms with Crippen molar-refractivity contribution in [1.82, 2.24) is 5.32 Å². The fraction of sp³-hybridized carbons (Fsp3) is 0.588. The zero-order valence-corrected chi connectivity index (χ0v) is 12.9. The summed E-state index contributed by atoms with van der Waals surface area (Å²) in [4.78, 5) is 11.8. The number of aryl methyl sites for hydroxylation is 1. The molecular formula is C17H25NO3. The number of benzene rings is 1. The average molecular weight is 291 g/mol. The minimum Gasteiger partial charge on any atom is -0.491 e. The molecule has 0 amide bonds. The molecule has 4 heteroatoms. The number of nitrogens with one attached hydrogen (secondary N) is 1. The van der Waals surface area contributed by atoms with Crippen molar-refractivity contribution >= 4 is 5.97 Å². The van der Waals surface area contributed by atoms with E-state index in [9.17, 15) is 9.90 Å². The van der Waals surface area contributed by atoms with E-state index in [4.69, 9.17) is 4.74 Å². The van der Waals surface area contributed by atoms with E-state index >= 15 is 0 Å². The van der Waals surface area contributed by atoms with Gasteiger partial charge in [-0.25, -0.2) is 0 Å². The summed E-state index contributed by atoms with van der Waals surface area (Å²) in [5.74, 6) is 0.173. The number of carboxylic acids is 1. The van der Waals surface area contributed by atoms with Crippen molar-refractivity contribution in [2.24, 2.45) is 5.92 Å². The van der Waals surface area contributed by atoms with Crippen LogP contribution >= 0.6 is 0 Å². The average Bonchev–Trinajstić information content (AvgIpc) is 3.33. The summed E-state index contributed by atoms with van der Waals surface area (Å²) in [6, 6.07) is 7.84. The molecule has 21 heavy (non-hydrogen) atoms. The molecule has 0 aliphatic heterocycles. The second-order valence-electron chi connectivity index (χ2n) is 5.73. The Kier molecular flexibility index (Phi) is 5.23. The van der Waals surface area contributed by atoms with Crippen LogP contribution in [0.4, 0.5) is 0 Å². The van der Waals surface area contributed by atoms with Gasteiger partial charge in [0, 0.05) is 0 Å². The Labute approximate surface area is 126 Å². The zero-order chi connectivity index (χ0) is 15.3. The molecule has 1 atom stereocenters. The third-order valence-electron chi connectivity index (χ3n) is 4.16. The predicted molar refractivity (Wildman–Crippen MR) is 82.7 cm³/mol. The van der Waals surface area contributed by atoms with Gasteiger partial charge in [0.15, 0.2) is 5.54 Å². The van der Waals surface area contributed by atoms with Gasteiger partial charge in [0.2, 0.25) is 0 Å². The number of hydrogen-bond donors (Lipinski definition) is 2. The molecule has 1 aliphatic carbocycles. The van der Waals surface area contributed by atoms with Crippen molar-refractivity contribution in [1.29, 1.82) is 0 Å². The third kappa shape index (κ3) is 3.56. The highest BCUT2D eigenvalue weighted by molar-refractivity contribution is 5.80. The highest BCUT2D eigenvalue weighted by Gasteiger charge is 2.51. The highest BCUT2D eigenvalue weighted by Crippen LogP contribution is 2.40. The van der Waals surface area contributed by atoms with Gasteiger partial charge in [0.1, 0.15) is 12.4 Å². The predicted octanol–water partition coefficient (Wildman–Crippen LogP) is 2.86. The van der Waals surface area contributed by atoms with Crippen LogP contribution in [-0.4, -0.2) is 29.8 Å². The largest absolute Gasteiger partial charge is 0.491 e. The van der Waals surface area contributed by atoms with Crippen LogP contribution in [0.3, 0.4) is 0 Å². The van der Waals surface area contributed by atoms with Crippen molar-refractivity contribution in [3.8, 4) is 5.75 Å². The van der Waals surface area contributed by atoms with E-state index in [0.717, 1.165) is 37.0 Å². The number of rotatable bonds is 9. The maximum Gasteiger partial charge on any atom is 0.327 e. The van der Waals surface area contributed by atoms with Crippen LogP contribution in [0.1, 0.15) is 38.7 Å². The van der Waals surface area contributed by atoms with Gasteiger partial charge in [-0.1, -0.05) is 32.0 Å². The maximum atomic E-state index is 11.8. The number of carbonyl (C=O) groups is 1. The van der Waals surface area contributed by atoms with E-state index in [1.807, 2.05) is 31.2 Å². The van der Waals surface area contributed by atoms with E-state index < -0.39 is 11.5 Å². The van der Waals surface area contributed by atoms with E-state index in [1.54, 1.807) is 0 Å². The minimum absolute atomic E-state index is 0.176. The number of para-hydroxylation sites is 1. The summed E-state index contributed by atoms with van der Waals surface area (Å²) >= 11 is 0. The monoisotopic (exact) mass is 291 g/mol. The van der Waals surface area contributed by atoms with Crippen LogP contribution in [0.2, 0.25) is 0 Å². The Hall–Kier alpha value is -1.55. The Morgan fingerprint density at radius 2 is 2.10 bits per heavy atom. The van der Waals surface area contributed by atoms with Crippen molar-refractivity contribution in [3.05, 3.63) is 29.8 Å². The second-order valence-corrected chi connectivity index (χ2v) is 5.73. The molecule has 4 nitrogen and oxygen atoms in total. The molecule has 0 spiro atoms. The van der Waals surface area contributed by atoms with Crippen LogP contribution < -0.4 is 10.1 Å². The van der Waals surface area contributed by atoms with Crippen molar-refractivity contribution < 1.29 is 14.6 Å². The molecule has 2 N–H and O–H groups in total. The maximum absolute atomic E-state index is 11.8. The fourth-order valence-corrected chi connectivity index (χ4v) is 2.68. The lowest BCUT2D eigenvalue weighted by molar-refractivity contribution is -0.147. The number of hydrogen-bond acceptors (Lipinski definition) is 3.